The first kappa shape index (κ1) is 33.8. The molecular formula is C50H48N4O2. The van der Waals surface area contributed by atoms with E-state index < -0.39 is 16.4 Å². The van der Waals surface area contributed by atoms with E-state index in [-0.39, 0.29) is 17.8 Å². The zero-order chi connectivity index (χ0) is 38.3. The molecule has 1 fully saturated rings. The number of esters is 1. The standard InChI is InChI=1S/C50H48N4O2/c1-7-9-11-29-13-17-31(18-14-29)48(32-21-25-35(26-22-32)53(3)4)40-37-38(40)42-43-39(41(37)48)45-49(34-23-27-36(28-24-34)54(5)6,33-19-15-30(16-20-33)12-10-8-2)50(45)46(52-42)44(51-43)47(55)56-50/h13-28,40,45H,7-12H2,1-6H3. The highest BCUT2D eigenvalue weighted by Gasteiger charge is 2.88. The van der Waals surface area contributed by atoms with Gasteiger partial charge in [0.25, 0.3) is 0 Å². The Morgan fingerprint density at radius 1 is 0.607 bits per heavy atom. The van der Waals surface area contributed by atoms with Crippen LogP contribution in [0.2, 0.25) is 0 Å². The van der Waals surface area contributed by atoms with Crippen LogP contribution < -0.4 is 9.80 Å². The maximum absolute atomic E-state index is 14.1. The second-order valence-electron chi connectivity index (χ2n) is 17.3. The second-order valence-corrected chi connectivity index (χ2v) is 17.3. The summed E-state index contributed by atoms with van der Waals surface area (Å²) in [4.78, 5) is 29.2. The number of benzene rings is 5. The minimum atomic E-state index is -1.01. The Morgan fingerprint density at radius 2 is 1.09 bits per heavy atom. The molecule has 5 aromatic carbocycles. The lowest BCUT2D eigenvalue weighted by Crippen LogP contribution is -2.38. The number of aromatic nitrogens is 2. The van der Waals surface area contributed by atoms with E-state index in [0.29, 0.717) is 5.69 Å². The van der Waals surface area contributed by atoms with E-state index in [2.05, 4.69) is 149 Å². The van der Waals surface area contributed by atoms with Crippen molar-refractivity contribution in [2.75, 3.05) is 38.0 Å². The van der Waals surface area contributed by atoms with Crippen molar-refractivity contribution in [2.24, 2.45) is 0 Å². The maximum Gasteiger partial charge on any atom is 0.360 e. The van der Waals surface area contributed by atoms with Gasteiger partial charge in [-0.1, -0.05) is 99.5 Å². The van der Waals surface area contributed by atoms with Crippen molar-refractivity contribution < 1.29 is 9.53 Å². The van der Waals surface area contributed by atoms with Crippen LogP contribution in [0.3, 0.4) is 0 Å². The number of anilines is 2. The van der Waals surface area contributed by atoms with Gasteiger partial charge in [0.2, 0.25) is 0 Å². The lowest BCUT2D eigenvalue weighted by molar-refractivity contribution is 0.0237. The summed E-state index contributed by atoms with van der Waals surface area (Å²) in [7, 11) is 8.35. The number of nitrogens with zero attached hydrogens (tertiary/aromatic N) is 4. The molecule has 6 bridgehead atoms. The average molecular weight is 737 g/mol. The first-order valence-corrected chi connectivity index (χ1v) is 20.6. The van der Waals surface area contributed by atoms with Gasteiger partial charge in [0.15, 0.2) is 11.3 Å². The Morgan fingerprint density at radius 3 is 1.61 bits per heavy atom. The first-order valence-electron chi connectivity index (χ1n) is 20.6. The molecule has 0 saturated heterocycles. The quantitative estimate of drug-likeness (QED) is 0.117. The summed E-state index contributed by atoms with van der Waals surface area (Å²) in [5.74, 6) is -0.342. The molecule has 6 nitrogen and oxygen atoms in total. The molecule has 0 amide bonds. The smallest absolute Gasteiger partial charge is 0.360 e. The van der Waals surface area contributed by atoms with Crippen molar-refractivity contribution in [1.82, 2.24) is 9.97 Å². The summed E-state index contributed by atoms with van der Waals surface area (Å²) in [5, 5.41) is 0. The fraction of sp³-hybridized carbons (Fsp3) is 0.340. The molecule has 1 spiro atoms. The van der Waals surface area contributed by atoms with Gasteiger partial charge in [-0.15, -0.1) is 0 Å². The summed E-state index contributed by atoms with van der Waals surface area (Å²) in [6.45, 7) is 4.50. The van der Waals surface area contributed by atoms with E-state index >= 15 is 0 Å². The molecule has 5 unspecified atom stereocenters. The number of rotatable bonds is 12. The van der Waals surface area contributed by atoms with Crippen LogP contribution >= 0.6 is 0 Å². The Labute approximate surface area is 329 Å². The van der Waals surface area contributed by atoms with Crippen LogP contribution in [0, 0.1) is 0 Å². The van der Waals surface area contributed by atoms with E-state index in [0.717, 1.165) is 59.2 Å². The summed E-state index contributed by atoms with van der Waals surface area (Å²) >= 11 is 0. The zero-order valence-corrected chi connectivity index (χ0v) is 33.2. The highest BCUT2D eigenvalue weighted by atomic mass is 16.6. The van der Waals surface area contributed by atoms with Gasteiger partial charge in [0, 0.05) is 45.5 Å². The van der Waals surface area contributed by atoms with Crippen molar-refractivity contribution in [3.05, 3.63) is 164 Å². The molecular weight excluding hydrogens is 689 g/mol. The van der Waals surface area contributed by atoms with Crippen molar-refractivity contribution in [3.63, 3.8) is 0 Å². The third-order valence-corrected chi connectivity index (χ3v) is 14.1. The van der Waals surface area contributed by atoms with Gasteiger partial charge in [-0.3, -0.25) is 0 Å². The highest BCUT2D eigenvalue weighted by molar-refractivity contribution is 6.06. The van der Waals surface area contributed by atoms with Crippen LogP contribution in [0.25, 0.3) is 11.0 Å². The van der Waals surface area contributed by atoms with Gasteiger partial charge in [0.1, 0.15) is 5.69 Å². The predicted molar refractivity (Wildman–Crippen MR) is 224 cm³/mol. The molecule has 12 rings (SSSR count). The number of hydrogen-bond acceptors (Lipinski definition) is 6. The molecule has 4 heterocycles. The van der Waals surface area contributed by atoms with Gasteiger partial charge in [-0.25, -0.2) is 14.8 Å². The molecule has 280 valence electrons. The molecule has 1 aromatic heterocycles. The van der Waals surface area contributed by atoms with Gasteiger partial charge in [-0.05, 0) is 106 Å². The molecule has 1 saturated carbocycles. The van der Waals surface area contributed by atoms with E-state index in [9.17, 15) is 4.79 Å². The van der Waals surface area contributed by atoms with Crippen LogP contribution in [-0.2, 0) is 34.0 Å². The highest BCUT2D eigenvalue weighted by Crippen LogP contribution is 2.86. The van der Waals surface area contributed by atoms with Gasteiger partial charge >= 0.3 is 5.97 Å². The number of unbranched alkanes of at least 4 members (excludes halogenated alkanes) is 2. The third-order valence-electron chi connectivity index (χ3n) is 14.1. The van der Waals surface area contributed by atoms with E-state index in [1.54, 1.807) is 0 Å². The fourth-order valence-corrected chi connectivity index (χ4v) is 11.4. The molecule has 0 radical (unpaired) electrons. The minimum Gasteiger partial charge on any atom is -0.446 e. The number of carbonyl (C=O) groups is 1. The van der Waals surface area contributed by atoms with Crippen LogP contribution in [0.4, 0.5) is 11.4 Å². The number of ether oxygens (including phenoxy) is 1. The monoisotopic (exact) mass is 736 g/mol. The van der Waals surface area contributed by atoms with Crippen molar-refractivity contribution in [3.8, 4) is 0 Å². The number of aryl methyl sites for hydroxylation is 2. The van der Waals surface area contributed by atoms with Crippen LogP contribution in [0.1, 0.15) is 123 Å². The van der Waals surface area contributed by atoms with E-state index in [4.69, 9.17) is 14.7 Å². The summed E-state index contributed by atoms with van der Waals surface area (Å²) in [5.41, 5.74) is 16.1. The molecule has 6 aliphatic rings. The molecule has 3 aliphatic heterocycles. The van der Waals surface area contributed by atoms with E-state index in [1.165, 1.54) is 63.0 Å². The first-order chi connectivity index (χ1) is 27.2. The number of fused-ring (bicyclic) bond motifs is 1. The van der Waals surface area contributed by atoms with Gasteiger partial charge < -0.3 is 14.5 Å². The Hall–Kier alpha value is -5.49. The Bertz CT molecular complexity index is 2610. The van der Waals surface area contributed by atoms with Crippen LogP contribution in [-0.4, -0.2) is 44.1 Å². The van der Waals surface area contributed by atoms with Crippen LogP contribution in [0.15, 0.2) is 97.1 Å². The molecule has 3 aliphatic carbocycles. The average Bonchev–Trinajstić information content (AvgIpc) is 4.06. The predicted octanol–water partition coefficient (Wildman–Crippen LogP) is 9.70. The SMILES string of the molecule is CCCCc1ccc(C2(c3ccc(N(C)C)cc3)c3c4c(c5nc6c7nc5c3C3C6(OC7=O)C3(c3ccc(CCCC)cc3)c3ccc(N(C)C)cc3)C42)cc1. The fourth-order valence-electron chi connectivity index (χ4n) is 11.4. The lowest BCUT2D eigenvalue weighted by atomic mass is 9.57. The van der Waals surface area contributed by atoms with Gasteiger partial charge in [0.05, 0.1) is 27.8 Å². The third kappa shape index (κ3) is 3.95. The molecule has 56 heavy (non-hydrogen) atoms. The Kier molecular flexibility index (Phi) is 6.96. The normalized spacial score (nSPS) is 25.1. The molecule has 6 heteroatoms. The lowest BCUT2D eigenvalue weighted by Gasteiger charge is -2.43. The number of hydrogen-bond donors (Lipinski definition) is 0. The molecule has 5 atom stereocenters. The Balaban J connectivity index is 1.19. The summed E-state index contributed by atoms with van der Waals surface area (Å²) in [6.07, 6.45) is 6.80. The van der Waals surface area contributed by atoms with Crippen molar-refractivity contribution in [2.45, 2.75) is 80.6 Å². The van der Waals surface area contributed by atoms with Crippen molar-refractivity contribution >= 4 is 28.4 Å². The minimum absolute atomic E-state index is 0.199. The second kappa shape index (κ2) is 11.5. The van der Waals surface area contributed by atoms with Crippen molar-refractivity contribution in [1.29, 1.82) is 0 Å². The van der Waals surface area contributed by atoms with Crippen LogP contribution in [0.5, 0.6) is 0 Å². The van der Waals surface area contributed by atoms with E-state index in [1.807, 2.05) is 0 Å². The maximum atomic E-state index is 14.1. The molecule has 0 N–H and O–H groups in total. The van der Waals surface area contributed by atoms with Gasteiger partial charge in [-0.2, -0.15) is 0 Å². The molecule has 6 aromatic rings. The largest absolute Gasteiger partial charge is 0.446 e. The zero-order valence-electron chi connectivity index (χ0n) is 33.2. The number of carbonyl (C=O) groups excluding carboxylic acids is 1. The summed E-state index contributed by atoms with van der Waals surface area (Å²) in [6, 6.07) is 36.8. The topological polar surface area (TPSA) is 58.6 Å². The summed E-state index contributed by atoms with van der Waals surface area (Å²) < 4.78 is 6.86.